The van der Waals surface area contributed by atoms with Crippen molar-refractivity contribution in [3.8, 4) is 0 Å². The number of aromatic nitrogens is 4. The van der Waals surface area contributed by atoms with Crippen molar-refractivity contribution in [3.63, 3.8) is 0 Å². The molecular weight excluding hydrogens is 428 g/mol. The van der Waals surface area contributed by atoms with E-state index in [-0.39, 0.29) is 16.8 Å². The maximum absolute atomic E-state index is 12.7. The number of amides is 1. The molecule has 164 valence electrons. The molecule has 0 fully saturated rings. The van der Waals surface area contributed by atoms with Gasteiger partial charge in [-0.25, -0.2) is 28.1 Å². The molecule has 0 bridgehead atoms. The van der Waals surface area contributed by atoms with Gasteiger partial charge in [-0.3, -0.25) is 4.79 Å². The third-order valence-electron chi connectivity index (χ3n) is 5.00. The summed E-state index contributed by atoms with van der Waals surface area (Å²) in [7, 11) is -3.85. The average Bonchev–Trinajstić information content (AvgIpc) is 3.09. The van der Waals surface area contributed by atoms with E-state index >= 15 is 0 Å². The smallest absolute Gasteiger partial charge is 0.264 e. The molecule has 3 heterocycles. The van der Waals surface area contributed by atoms with Crippen LogP contribution in [-0.4, -0.2) is 33.7 Å². The molecule has 4 aromatic rings. The second-order valence-corrected chi connectivity index (χ2v) is 8.93. The van der Waals surface area contributed by atoms with Gasteiger partial charge < -0.3 is 9.72 Å². The van der Waals surface area contributed by atoms with Gasteiger partial charge in [-0.05, 0) is 62.7 Å². The Hall–Kier alpha value is -3.79. The number of sulfonamides is 1. The second kappa shape index (κ2) is 8.39. The van der Waals surface area contributed by atoms with Crippen LogP contribution < -0.4 is 10.0 Å². The predicted molar refractivity (Wildman–Crippen MR) is 121 cm³/mol. The van der Waals surface area contributed by atoms with Gasteiger partial charge in [-0.2, -0.15) is 0 Å². The minimum absolute atomic E-state index is 0.00111. The molecule has 4 rings (SSSR count). The van der Waals surface area contributed by atoms with Crippen molar-refractivity contribution in [3.05, 3.63) is 77.5 Å². The Morgan fingerprint density at radius 3 is 2.47 bits per heavy atom. The quantitative estimate of drug-likeness (QED) is 0.465. The Kier molecular flexibility index (Phi) is 5.62. The molecule has 10 heteroatoms. The van der Waals surface area contributed by atoms with Gasteiger partial charge in [0, 0.05) is 29.5 Å². The summed E-state index contributed by atoms with van der Waals surface area (Å²) in [5.74, 6) is -0.307. The first-order valence-electron chi connectivity index (χ1n) is 9.98. The zero-order chi connectivity index (χ0) is 22.9. The first-order chi connectivity index (χ1) is 15.3. The highest BCUT2D eigenvalue weighted by molar-refractivity contribution is 7.92. The molecule has 3 aromatic heterocycles. The molecule has 1 aromatic carbocycles. The van der Waals surface area contributed by atoms with Crippen molar-refractivity contribution in [1.82, 2.24) is 19.4 Å². The van der Waals surface area contributed by atoms with Gasteiger partial charge in [0.1, 0.15) is 5.65 Å². The number of nitrogens with zero attached hydrogens (tertiary/aromatic N) is 4. The Labute approximate surface area is 185 Å². The van der Waals surface area contributed by atoms with Crippen LogP contribution in [0.2, 0.25) is 0 Å². The van der Waals surface area contributed by atoms with E-state index < -0.39 is 10.0 Å². The van der Waals surface area contributed by atoms with Gasteiger partial charge in [-0.15, -0.1) is 0 Å². The van der Waals surface area contributed by atoms with E-state index in [2.05, 4.69) is 25.0 Å². The van der Waals surface area contributed by atoms with Crippen molar-refractivity contribution in [2.24, 2.45) is 0 Å². The number of imidazole rings is 1. The van der Waals surface area contributed by atoms with E-state index in [9.17, 15) is 13.2 Å². The third kappa shape index (κ3) is 4.30. The Balaban J connectivity index is 1.50. The standard InChI is InChI=1S/C22H22N6O3S/c1-4-19-15(3)28-13-16(5-10-20(28)26-19)21(29)25-17-6-8-18(9-7-17)32(30,31)27-22-23-12-11-14(2)24-22/h5-13H,4H2,1-3H3,(H,25,29)(H,23,24,27). The summed E-state index contributed by atoms with van der Waals surface area (Å²) in [5, 5.41) is 2.79. The van der Waals surface area contributed by atoms with Crippen molar-refractivity contribution in [2.75, 3.05) is 10.0 Å². The summed E-state index contributed by atoms with van der Waals surface area (Å²) in [6.45, 7) is 5.75. The van der Waals surface area contributed by atoms with Crippen LogP contribution in [0.4, 0.5) is 11.6 Å². The molecule has 0 aliphatic rings. The van der Waals surface area contributed by atoms with Crippen LogP contribution in [0.3, 0.4) is 0 Å². The molecule has 1 amide bonds. The van der Waals surface area contributed by atoms with E-state index in [1.807, 2.05) is 18.2 Å². The van der Waals surface area contributed by atoms with E-state index in [1.165, 1.54) is 30.5 Å². The minimum Gasteiger partial charge on any atom is -0.322 e. The van der Waals surface area contributed by atoms with E-state index in [0.717, 1.165) is 23.5 Å². The zero-order valence-electron chi connectivity index (χ0n) is 17.8. The molecule has 9 nitrogen and oxygen atoms in total. The van der Waals surface area contributed by atoms with Crippen LogP contribution in [0.15, 0.2) is 59.8 Å². The SMILES string of the molecule is CCc1nc2ccc(C(=O)Nc3ccc(S(=O)(=O)Nc4nccc(C)n4)cc3)cn2c1C. The van der Waals surface area contributed by atoms with Gasteiger partial charge in [-0.1, -0.05) is 6.92 Å². The van der Waals surface area contributed by atoms with Crippen LogP contribution in [0, 0.1) is 13.8 Å². The first-order valence-corrected chi connectivity index (χ1v) is 11.5. The number of carbonyl (C=O) groups is 1. The Morgan fingerprint density at radius 1 is 1.03 bits per heavy atom. The summed E-state index contributed by atoms with van der Waals surface area (Å²) in [6.07, 6.45) is 4.04. The molecule has 0 atom stereocenters. The number of pyridine rings is 1. The highest BCUT2D eigenvalue weighted by Gasteiger charge is 2.16. The van der Waals surface area contributed by atoms with Crippen molar-refractivity contribution < 1.29 is 13.2 Å². The second-order valence-electron chi connectivity index (χ2n) is 7.25. The topological polar surface area (TPSA) is 118 Å². The maximum Gasteiger partial charge on any atom is 0.264 e. The molecule has 0 unspecified atom stereocenters. The summed E-state index contributed by atoms with van der Waals surface area (Å²) in [5.41, 5.74) is 4.36. The molecule has 0 saturated heterocycles. The van der Waals surface area contributed by atoms with Gasteiger partial charge >= 0.3 is 0 Å². The lowest BCUT2D eigenvalue weighted by Crippen LogP contribution is -2.16. The number of hydrogen-bond donors (Lipinski definition) is 2. The largest absolute Gasteiger partial charge is 0.322 e. The lowest BCUT2D eigenvalue weighted by molar-refractivity contribution is 0.102. The van der Waals surface area contributed by atoms with Crippen LogP contribution in [0.1, 0.15) is 34.4 Å². The van der Waals surface area contributed by atoms with Crippen LogP contribution in [-0.2, 0) is 16.4 Å². The molecular formula is C22H22N6O3S. The fourth-order valence-electron chi connectivity index (χ4n) is 3.28. The van der Waals surface area contributed by atoms with Gasteiger partial charge in [0.25, 0.3) is 15.9 Å². The highest BCUT2D eigenvalue weighted by atomic mass is 32.2. The summed E-state index contributed by atoms with van der Waals surface area (Å²) in [4.78, 5) is 25.2. The Morgan fingerprint density at radius 2 is 1.78 bits per heavy atom. The lowest BCUT2D eigenvalue weighted by Gasteiger charge is -2.09. The van der Waals surface area contributed by atoms with Crippen LogP contribution >= 0.6 is 0 Å². The molecule has 0 aliphatic carbocycles. The van der Waals surface area contributed by atoms with Gasteiger partial charge in [0.15, 0.2) is 0 Å². The predicted octanol–water partition coefficient (Wildman–Crippen LogP) is 3.36. The first kappa shape index (κ1) is 21.4. The van der Waals surface area contributed by atoms with Crippen molar-refractivity contribution in [1.29, 1.82) is 0 Å². The van der Waals surface area contributed by atoms with Gasteiger partial charge in [0.2, 0.25) is 5.95 Å². The summed E-state index contributed by atoms with van der Waals surface area (Å²) >= 11 is 0. The van der Waals surface area contributed by atoms with Crippen molar-refractivity contribution in [2.45, 2.75) is 32.1 Å². The third-order valence-corrected chi connectivity index (χ3v) is 6.34. The fraction of sp³-hybridized carbons (Fsp3) is 0.182. The molecule has 32 heavy (non-hydrogen) atoms. The monoisotopic (exact) mass is 450 g/mol. The van der Waals surface area contributed by atoms with Gasteiger partial charge in [0.05, 0.1) is 16.2 Å². The van der Waals surface area contributed by atoms with E-state index in [4.69, 9.17) is 0 Å². The number of hydrogen-bond acceptors (Lipinski definition) is 6. The fourth-order valence-corrected chi connectivity index (χ4v) is 4.23. The molecule has 0 aliphatic heterocycles. The number of carbonyl (C=O) groups excluding carboxylic acids is 1. The molecule has 2 N–H and O–H groups in total. The summed E-state index contributed by atoms with van der Waals surface area (Å²) < 4.78 is 29.4. The van der Waals surface area contributed by atoms with Crippen molar-refractivity contribution >= 4 is 33.2 Å². The number of aryl methyl sites for hydroxylation is 3. The zero-order valence-corrected chi connectivity index (χ0v) is 18.6. The minimum atomic E-state index is -3.85. The van der Waals surface area contributed by atoms with E-state index in [1.54, 1.807) is 31.3 Å². The number of fused-ring (bicyclic) bond motifs is 1. The number of nitrogens with one attached hydrogen (secondary N) is 2. The lowest BCUT2D eigenvalue weighted by atomic mass is 10.2. The summed E-state index contributed by atoms with van der Waals surface area (Å²) in [6, 6.07) is 11.1. The number of anilines is 2. The van der Waals surface area contributed by atoms with Crippen LogP contribution in [0.25, 0.3) is 5.65 Å². The average molecular weight is 451 g/mol. The maximum atomic E-state index is 12.7. The van der Waals surface area contributed by atoms with Crippen LogP contribution in [0.5, 0.6) is 0 Å². The number of rotatable bonds is 6. The Bertz CT molecular complexity index is 1410. The van der Waals surface area contributed by atoms with E-state index in [0.29, 0.717) is 16.9 Å². The molecule has 0 spiro atoms. The highest BCUT2D eigenvalue weighted by Crippen LogP contribution is 2.18. The normalized spacial score (nSPS) is 11.5. The molecule has 0 radical (unpaired) electrons. The number of benzene rings is 1. The molecule has 0 saturated carbocycles.